The summed E-state index contributed by atoms with van der Waals surface area (Å²) < 4.78 is 32.7. The number of aliphatic hydroxyl groups excluding tert-OH is 1. The van der Waals surface area contributed by atoms with Gasteiger partial charge in [-0.05, 0) is 48.4 Å². The number of anilines is 1. The fraction of sp³-hybridized carbons (Fsp3) is 0.273. The molecule has 4 rings (SSSR count). The van der Waals surface area contributed by atoms with Gasteiger partial charge in [0.05, 0.1) is 18.0 Å². The summed E-state index contributed by atoms with van der Waals surface area (Å²) in [4.78, 5) is 19.0. The van der Waals surface area contributed by atoms with Gasteiger partial charge < -0.3 is 14.7 Å². The number of thiazole rings is 1. The van der Waals surface area contributed by atoms with Crippen molar-refractivity contribution in [2.24, 2.45) is 5.92 Å². The Morgan fingerprint density at radius 1 is 1.22 bits per heavy atom. The first-order valence-electron chi connectivity index (χ1n) is 9.99. The van der Waals surface area contributed by atoms with Gasteiger partial charge in [0.1, 0.15) is 5.75 Å². The van der Waals surface area contributed by atoms with E-state index in [1.807, 2.05) is 24.3 Å². The van der Waals surface area contributed by atoms with Crippen molar-refractivity contribution < 1.29 is 23.1 Å². The van der Waals surface area contributed by atoms with Gasteiger partial charge in [-0.15, -0.1) is 11.3 Å². The van der Waals surface area contributed by atoms with E-state index >= 15 is 0 Å². The molecule has 3 aromatic rings. The summed E-state index contributed by atoms with van der Waals surface area (Å²) in [6.45, 7) is 0.424. The molecule has 0 radical (unpaired) electrons. The molecule has 1 amide bonds. The van der Waals surface area contributed by atoms with E-state index in [0.29, 0.717) is 18.5 Å². The van der Waals surface area contributed by atoms with E-state index in [1.54, 1.807) is 17.4 Å². The second-order valence-electron chi connectivity index (χ2n) is 7.50. The average Bonchev–Trinajstić information content (AvgIpc) is 3.48. The van der Waals surface area contributed by atoms with Crippen molar-refractivity contribution in [2.75, 3.05) is 25.0 Å². The van der Waals surface area contributed by atoms with Crippen LogP contribution in [0.5, 0.6) is 5.75 Å². The SMILES string of the molecule is COc1ccc(C2CC(CO)CN2C(=O)c2ccc(S(=O)(=O)Nc3nccs3)cc2)cc1. The molecular formula is C22H23N3O5S2. The molecule has 32 heavy (non-hydrogen) atoms. The van der Waals surface area contributed by atoms with Crippen LogP contribution in [-0.4, -0.2) is 49.6 Å². The zero-order valence-electron chi connectivity index (χ0n) is 17.3. The number of aromatic nitrogens is 1. The van der Waals surface area contributed by atoms with E-state index in [9.17, 15) is 18.3 Å². The first kappa shape index (κ1) is 22.3. The molecule has 1 fully saturated rings. The third-order valence-electron chi connectivity index (χ3n) is 5.47. The van der Waals surface area contributed by atoms with Gasteiger partial charge in [-0.25, -0.2) is 13.4 Å². The van der Waals surface area contributed by atoms with Crippen molar-refractivity contribution in [3.63, 3.8) is 0 Å². The topological polar surface area (TPSA) is 109 Å². The highest BCUT2D eigenvalue weighted by molar-refractivity contribution is 7.93. The molecule has 0 bridgehead atoms. The Morgan fingerprint density at radius 3 is 2.53 bits per heavy atom. The Kier molecular flexibility index (Phi) is 6.45. The quantitative estimate of drug-likeness (QED) is 0.546. The molecule has 2 aromatic carbocycles. The number of sulfonamides is 1. The van der Waals surface area contributed by atoms with Gasteiger partial charge >= 0.3 is 0 Å². The van der Waals surface area contributed by atoms with Crippen LogP contribution < -0.4 is 9.46 Å². The Morgan fingerprint density at radius 2 is 1.94 bits per heavy atom. The lowest BCUT2D eigenvalue weighted by Gasteiger charge is -2.25. The molecule has 1 aliphatic rings. The van der Waals surface area contributed by atoms with Gasteiger partial charge in [0.25, 0.3) is 15.9 Å². The van der Waals surface area contributed by atoms with Gasteiger partial charge in [-0.2, -0.15) is 0 Å². The maximum Gasteiger partial charge on any atom is 0.263 e. The van der Waals surface area contributed by atoms with Crippen LogP contribution in [0.15, 0.2) is 65.0 Å². The fourth-order valence-electron chi connectivity index (χ4n) is 3.81. The molecular weight excluding hydrogens is 450 g/mol. The van der Waals surface area contributed by atoms with Crippen LogP contribution in [0, 0.1) is 5.92 Å². The highest BCUT2D eigenvalue weighted by Crippen LogP contribution is 2.37. The second kappa shape index (κ2) is 9.27. The Hall–Kier alpha value is -2.95. The number of methoxy groups -OCH3 is 1. The number of carbonyl (C=O) groups excluding carboxylic acids is 1. The lowest BCUT2D eigenvalue weighted by atomic mass is 10.00. The molecule has 0 spiro atoms. The number of nitrogens with one attached hydrogen (secondary N) is 1. The highest BCUT2D eigenvalue weighted by atomic mass is 32.2. The van der Waals surface area contributed by atoms with Crippen LogP contribution >= 0.6 is 11.3 Å². The predicted octanol–water partition coefficient (Wildman–Crippen LogP) is 3.15. The number of amides is 1. The number of likely N-dealkylation sites (tertiary alicyclic amines) is 1. The zero-order valence-corrected chi connectivity index (χ0v) is 19.0. The van der Waals surface area contributed by atoms with Crippen molar-refractivity contribution in [1.29, 1.82) is 0 Å². The van der Waals surface area contributed by atoms with Crippen LogP contribution in [0.3, 0.4) is 0 Å². The Bertz CT molecular complexity index is 1160. The molecule has 2 N–H and O–H groups in total. The number of hydrogen-bond donors (Lipinski definition) is 2. The third-order valence-corrected chi connectivity index (χ3v) is 7.65. The summed E-state index contributed by atoms with van der Waals surface area (Å²) in [6, 6.07) is 13.2. The Labute approximate surface area is 190 Å². The lowest BCUT2D eigenvalue weighted by molar-refractivity contribution is 0.0728. The third kappa shape index (κ3) is 4.62. The maximum absolute atomic E-state index is 13.3. The summed E-state index contributed by atoms with van der Waals surface area (Å²) in [5.41, 5.74) is 1.34. The maximum atomic E-state index is 13.3. The number of nitrogens with zero attached hydrogens (tertiary/aromatic N) is 2. The van der Waals surface area contributed by atoms with E-state index < -0.39 is 10.0 Å². The smallest absolute Gasteiger partial charge is 0.263 e. The average molecular weight is 474 g/mol. The van der Waals surface area contributed by atoms with Crippen molar-refractivity contribution >= 4 is 32.4 Å². The summed E-state index contributed by atoms with van der Waals surface area (Å²) in [7, 11) is -2.19. The summed E-state index contributed by atoms with van der Waals surface area (Å²) >= 11 is 1.18. The molecule has 2 heterocycles. The minimum absolute atomic E-state index is 0.00393. The number of aliphatic hydroxyl groups is 1. The summed E-state index contributed by atoms with van der Waals surface area (Å²) in [5, 5.41) is 11.6. The van der Waals surface area contributed by atoms with Crippen molar-refractivity contribution in [2.45, 2.75) is 17.4 Å². The molecule has 1 aromatic heterocycles. The Balaban J connectivity index is 1.55. The molecule has 2 unspecified atom stereocenters. The molecule has 0 saturated carbocycles. The van der Waals surface area contributed by atoms with E-state index in [2.05, 4.69) is 9.71 Å². The first-order chi connectivity index (χ1) is 15.4. The van der Waals surface area contributed by atoms with Gasteiger partial charge in [0, 0.05) is 36.2 Å². The molecule has 0 aliphatic carbocycles. The molecule has 168 valence electrons. The van der Waals surface area contributed by atoms with Crippen LogP contribution in [0.25, 0.3) is 0 Å². The van der Waals surface area contributed by atoms with Crippen LogP contribution in [-0.2, 0) is 10.0 Å². The van der Waals surface area contributed by atoms with E-state index in [4.69, 9.17) is 4.74 Å². The van der Waals surface area contributed by atoms with E-state index in [1.165, 1.54) is 41.8 Å². The standard InChI is InChI=1S/C22H23N3O5S2/c1-30-18-6-2-16(3-7-18)20-12-15(14-26)13-25(20)21(27)17-4-8-19(9-5-17)32(28,29)24-22-23-10-11-31-22/h2-11,15,20,26H,12-14H2,1H3,(H,23,24). The molecule has 1 aliphatic heterocycles. The molecule has 8 nitrogen and oxygen atoms in total. The van der Waals surface area contributed by atoms with E-state index in [0.717, 1.165) is 11.3 Å². The lowest BCUT2D eigenvalue weighted by Crippen LogP contribution is -2.31. The second-order valence-corrected chi connectivity index (χ2v) is 10.1. The largest absolute Gasteiger partial charge is 0.497 e. The summed E-state index contributed by atoms with van der Waals surface area (Å²) in [6.07, 6.45) is 2.16. The number of hydrogen-bond acceptors (Lipinski definition) is 7. The van der Waals surface area contributed by atoms with Crippen LogP contribution in [0.4, 0.5) is 5.13 Å². The van der Waals surface area contributed by atoms with Gasteiger partial charge in [0.15, 0.2) is 5.13 Å². The van der Waals surface area contributed by atoms with E-state index in [-0.39, 0.29) is 34.5 Å². The van der Waals surface area contributed by atoms with Gasteiger partial charge in [0.2, 0.25) is 0 Å². The number of benzene rings is 2. The molecule has 1 saturated heterocycles. The van der Waals surface area contributed by atoms with Crippen molar-refractivity contribution in [3.8, 4) is 5.75 Å². The van der Waals surface area contributed by atoms with Gasteiger partial charge in [-0.1, -0.05) is 12.1 Å². The number of rotatable bonds is 7. The zero-order chi connectivity index (χ0) is 22.7. The molecule has 10 heteroatoms. The normalized spacial score (nSPS) is 18.5. The minimum atomic E-state index is -3.79. The summed E-state index contributed by atoms with van der Waals surface area (Å²) in [5.74, 6) is 0.498. The fourth-order valence-corrected chi connectivity index (χ4v) is 5.60. The molecule has 2 atom stereocenters. The van der Waals surface area contributed by atoms with Crippen molar-refractivity contribution in [1.82, 2.24) is 9.88 Å². The van der Waals surface area contributed by atoms with Crippen molar-refractivity contribution in [3.05, 3.63) is 71.2 Å². The monoisotopic (exact) mass is 473 g/mol. The van der Waals surface area contributed by atoms with Crippen LogP contribution in [0.2, 0.25) is 0 Å². The van der Waals surface area contributed by atoms with Gasteiger partial charge in [-0.3, -0.25) is 9.52 Å². The predicted molar refractivity (Wildman–Crippen MR) is 121 cm³/mol. The minimum Gasteiger partial charge on any atom is -0.497 e. The highest BCUT2D eigenvalue weighted by Gasteiger charge is 2.36. The first-order valence-corrected chi connectivity index (χ1v) is 12.4. The number of carbonyl (C=O) groups is 1. The number of ether oxygens (including phenoxy) is 1. The van der Waals surface area contributed by atoms with Crippen LogP contribution in [0.1, 0.15) is 28.4 Å².